The maximum Gasteiger partial charge on any atom is 0.253 e. The highest BCUT2D eigenvalue weighted by Gasteiger charge is 2.35. The van der Waals surface area contributed by atoms with Crippen molar-refractivity contribution in [1.82, 2.24) is 15.2 Å². The van der Waals surface area contributed by atoms with Crippen molar-refractivity contribution in [1.29, 1.82) is 0 Å². The van der Waals surface area contributed by atoms with Gasteiger partial charge < -0.3 is 14.6 Å². The number of para-hydroxylation sites is 1. The molecule has 4 heterocycles. The van der Waals surface area contributed by atoms with Gasteiger partial charge in [0, 0.05) is 19.0 Å². The topological polar surface area (TPSA) is 58.4 Å². The third kappa shape index (κ3) is 2.61. The lowest BCUT2D eigenvalue weighted by molar-refractivity contribution is 0.0621. The van der Waals surface area contributed by atoms with Crippen LogP contribution in [-0.2, 0) is 6.42 Å². The quantitative estimate of drug-likeness (QED) is 0.939. The van der Waals surface area contributed by atoms with Gasteiger partial charge >= 0.3 is 0 Å². The number of carbonyl (C=O) groups excluding carboxylic acids is 1. The number of benzene rings is 1. The van der Waals surface area contributed by atoms with Crippen molar-refractivity contribution >= 4 is 17.0 Å². The Hall–Kier alpha value is -1.88. The number of hydrogen-bond donors (Lipinski definition) is 1. The average Bonchev–Trinajstić information content (AvgIpc) is 3.31. The first-order valence-electron chi connectivity index (χ1n) is 9.18. The van der Waals surface area contributed by atoms with Crippen LogP contribution in [0.1, 0.15) is 41.9 Å². The molecule has 3 aliphatic heterocycles. The van der Waals surface area contributed by atoms with Gasteiger partial charge in [-0.3, -0.25) is 4.79 Å². The van der Waals surface area contributed by atoms with E-state index < -0.39 is 0 Å². The van der Waals surface area contributed by atoms with Crippen molar-refractivity contribution in [2.45, 2.75) is 38.1 Å². The van der Waals surface area contributed by atoms with E-state index in [4.69, 9.17) is 4.42 Å². The molecule has 1 saturated carbocycles. The number of aromatic nitrogens is 1. The molecule has 1 N–H and O–H groups in total. The molecule has 2 bridgehead atoms. The number of nitrogens with zero attached hydrogens (tertiary/aromatic N) is 2. The molecule has 1 amide bonds. The minimum Gasteiger partial charge on any atom is -0.441 e. The summed E-state index contributed by atoms with van der Waals surface area (Å²) in [5.74, 6) is 2.12. The summed E-state index contributed by atoms with van der Waals surface area (Å²) in [7, 11) is 0. The highest BCUT2D eigenvalue weighted by atomic mass is 16.3. The SMILES string of the molecule is O=C(N[C@@H]1CN2CCC1CC2)c1cccc2oc(CC3CC3)nc12. The summed E-state index contributed by atoms with van der Waals surface area (Å²) in [5.41, 5.74) is 2.09. The van der Waals surface area contributed by atoms with Crippen LogP contribution < -0.4 is 5.32 Å². The van der Waals surface area contributed by atoms with E-state index in [0.717, 1.165) is 30.4 Å². The van der Waals surface area contributed by atoms with Gasteiger partial charge in [0.05, 0.1) is 5.56 Å². The minimum absolute atomic E-state index is 0.00868. The maximum atomic E-state index is 12.8. The monoisotopic (exact) mass is 325 g/mol. The maximum absolute atomic E-state index is 12.8. The Morgan fingerprint density at radius 2 is 2.08 bits per heavy atom. The van der Waals surface area contributed by atoms with E-state index in [1.165, 1.54) is 38.8 Å². The van der Waals surface area contributed by atoms with Gasteiger partial charge in [-0.05, 0) is 62.7 Å². The molecule has 2 aromatic rings. The zero-order valence-electron chi connectivity index (χ0n) is 13.8. The molecule has 0 spiro atoms. The van der Waals surface area contributed by atoms with Gasteiger partial charge in [0.25, 0.3) is 5.91 Å². The van der Waals surface area contributed by atoms with Crippen LogP contribution in [0.2, 0.25) is 0 Å². The zero-order valence-corrected chi connectivity index (χ0v) is 13.8. The van der Waals surface area contributed by atoms with Crippen LogP contribution in [0.15, 0.2) is 22.6 Å². The van der Waals surface area contributed by atoms with Crippen molar-refractivity contribution in [2.24, 2.45) is 11.8 Å². The molecular formula is C19H23N3O2. The van der Waals surface area contributed by atoms with E-state index in [1.54, 1.807) is 0 Å². The molecule has 126 valence electrons. The highest BCUT2D eigenvalue weighted by Crippen LogP contribution is 2.33. The lowest BCUT2D eigenvalue weighted by Crippen LogP contribution is -2.57. The van der Waals surface area contributed by atoms with Crippen LogP contribution in [0.5, 0.6) is 0 Å². The lowest BCUT2D eigenvalue weighted by Gasteiger charge is -2.44. The molecule has 3 saturated heterocycles. The number of hydrogen-bond acceptors (Lipinski definition) is 4. The fraction of sp³-hybridized carbons (Fsp3) is 0.579. The number of oxazole rings is 1. The van der Waals surface area contributed by atoms with E-state index in [1.807, 2.05) is 18.2 Å². The second kappa shape index (κ2) is 5.59. The van der Waals surface area contributed by atoms with Crippen molar-refractivity contribution in [2.75, 3.05) is 19.6 Å². The molecule has 1 aliphatic carbocycles. The van der Waals surface area contributed by atoms with E-state index in [0.29, 0.717) is 17.0 Å². The highest BCUT2D eigenvalue weighted by molar-refractivity contribution is 6.04. The molecule has 1 atom stereocenters. The summed E-state index contributed by atoms with van der Waals surface area (Å²) < 4.78 is 5.85. The van der Waals surface area contributed by atoms with E-state index >= 15 is 0 Å². The molecule has 1 aromatic carbocycles. The van der Waals surface area contributed by atoms with E-state index in [-0.39, 0.29) is 11.9 Å². The van der Waals surface area contributed by atoms with Crippen LogP contribution in [0, 0.1) is 11.8 Å². The van der Waals surface area contributed by atoms with Crippen molar-refractivity contribution < 1.29 is 9.21 Å². The zero-order chi connectivity index (χ0) is 16.1. The van der Waals surface area contributed by atoms with Gasteiger partial charge in [-0.1, -0.05) is 6.07 Å². The Kier molecular flexibility index (Phi) is 3.37. The van der Waals surface area contributed by atoms with Gasteiger partial charge in [-0.2, -0.15) is 0 Å². The molecular weight excluding hydrogens is 302 g/mol. The first-order valence-corrected chi connectivity index (χ1v) is 9.18. The third-order valence-electron chi connectivity index (χ3n) is 5.84. The first-order chi connectivity index (χ1) is 11.8. The number of carbonyl (C=O) groups is 1. The van der Waals surface area contributed by atoms with Gasteiger partial charge in [0.2, 0.25) is 0 Å². The summed E-state index contributed by atoms with van der Waals surface area (Å²) >= 11 is 0. The molecule has 4 fully saturated rings. The van der Waals surface area contributed by atoms with Crippen LogP contribution in [-0.4, -0.2) is 41.5 Å². The fourth-order valence-electron chi connectivity index (χ4n) is 4.21. The van der Waals surface area contributed by atoms with E-state index in [2.05, 4.69) is 15.2 Å². The number of fused-ring (bicyclic) bond motifs is 4. The molecule has 1 aromatic heterocycles. The number of amides is 1. The second-order valence-corrected chi connectivity index (χ2v) is 7.63. The minimum atomic E-state index is -0.00868. The number of piperidine rings is 3. The van der Waals surface area contributed by atoms with E-state index in [9.17, 15) is 4.79 Å². The van der Waals surface area contributed by atoms with Crippen molar-refractivity contribution in [3.63, 3.8) is 0 Å². The second-order valence-electron chi connectivity index (χ2n) is 7.63. The number of rotatable bonds is 4. The summed E-state index contributed by atoms with van der Waals surface area (Å²) in [5, 5.41) is 3.26. The predicted molar refractivity (Wildman–Crippen MR) is 90.9 cm³/mol. The lowest BCUT2D eigenvalue weighted by atomic mass is 9.84. The predicted octanol–water partition coefficient (Wildman–Crippen LogP) is 2.60. The van der Waals surface area contributed by atoms with Crippen LogP contribution in [0.4, 0.5) is 0 Å². The molecule has 24 heavy (non-hydrogen) atoms. The molecule has 0 radical (unpaired) electrons. The molecule has 0 unspecified atom stereocenters. The van der Waals surface area contributed by atoms with Crippen LogP contribution >= 0.6 is 0 Å². The molecule has 4 aliphatic rings. The normalized spacial score (nSPS) is 29.1. The molecule has 6 rings (SSSR count). The summed E-state index contributed by atoms with van der Waals surface area (Å²) in [4.78, 5) is 19.9. The van der Waals surface area contributed by atoms with Crippen LogP contribution in [0.25, 0.3) is 11.1 Å². The van der Waals surface area contributed by atoms with Crippen molar-refractivity contribution in [3.8, 4) is 0 Å². The summed E-state index contributed by atoms with van der Waals surface area (Å²) in [6, 6.07) is 5.93. The van der Waals surface area contributed by atoms with Gasteiger partial charge in [0.1, 0.15) is 5.52 Å². The largest absolute Gasteiger partial charge is 0.441 e. The first kappa shape index (κ1) is 14.5. The standard InChI is InChI=1S/C19H23N3O2/c23-19(20-15-11-22-8-6-13(15)7-9-22)14-2-1-3-16-18(14)21-17(24-16)10-12-4-5-12/h1-3,12-13,15H,4-11H2,(H,20,23)/t15-/m1/s1. The number of nitrogens with one attached hydrogen (secondary N) is 1. The van der Waals surface area contributed by atoms with Crippen LogP contribution in [0.3, 0.4) is 0 Å². The Morgan fingerprint density at radius 1 is 1.25 bits per heavy atom. The van der Waals surface area contributed by atoms with Gasteiger partial charge in [-0.25, -0.2) is 4.98 Å². The van der Waals surface area contributed by atoms with Crippen molar-refractivity contribution in [3.05, 3.63) is 29.7 Å². The Bertz CT molecular complexity index is 772. The Labute approximate surface area is 141 Å². The third-order valence-corrected chi connectivity index (χ3v) is 5.84. The molecule has 5 nitrogen and oxygen atoms in total. The fourth-order valence-corrected chi connectivity index (χ4v) is 4.21. The molecule has 5 heteroatoms. The smallest absolute Gasteiger partial charge is 0.253 e. The van der Waals surface area contributed by atoms with Gasteiger partial charge in [0.15, 0.2) is 11.5 Å². The Morgan fingerprint density at radius 3 is 2.79 bits per heavy atom. The summed E-state index contributed by atoms with van der Waals surface area (Å²) in [6.07, 6.45) is 5.84. The Balaban J connectivity index is 1.38. The average molecular weight is 325 g/mol. The summed E-state index contributed by atoms with van der Waals surface area (Å²) in [6.45, 7) is 3.35. The van der Waals surface area contributed by atoms with Gasteiger partial charge in [-0.15, -0.1) is 0 Å².